The molecule has 144 valence electrons. The quantitative estimate of drug-likeness (QED) is 0.488. The molecule has 3 heterocycles. The summed E-state index contributed by atoms with van der Waals surface area (Å²) < 4.78 is 38.5. The average Bonchev–Trinajstić information content (AvgIpc) is 3.40. The summed E-state index contributed by atoms with van der Waals surface area (Å²) in [5, 5.41) is 11.9. The van der Waals surface area contributed by atoms with Crippen molar-refractivity contribution in [2.75, 3.05) is 0 Å². The Bertz CT molecular complexity index is 1100. The van der Waals surface area contributed by atoms with Crippen LogP contribution in [-0.4, -0.2) is 41.2 Å². The molecule has 0 unspecified atom stereocenters. The van der Waals surface area contributed by atoms with E-state index in [1.165, 1.54) is 4.90 Å². The Kier molecular flexibility index (Phi) is 4.34. The highest BCUT2D eigenvalue weighted by Gasteiger charge is 2.34. The zero-order valence-electron chi connectivity index (χ0n) is 14.3. The Balaban J connectivity index is 1.66. The Morgan fingerprint density at radius 1 is 1.21 bits per heavy atom. The maximum Gasteiger partial charge on any atom is 0.432 e. The zero-order chi connectivity index (χ0) is 19.7. The number of rotatable bonds is 5. The Labute approximate surface area is 155 Å². The number of hydrogen-bond acceptors (Lipinski definition) is 4. The van der Waals surface area contributed by atoms with Crippen molar-refractivity contribution in [3.05, 3.63) is 65.5 Å². The van der Waals surface area contributed by atoms with Crippen molar-refractivity contribution in [3.8, 4) is 0 Å². The number of aromatic nitrogens is 6. The van der Waals surface area contributed by atoms with Crippen molar-refractivity contribution in [1.82, 2.24) is 35.3 Å². The van der Waals surface area contributed by atoms with Crippen molar-refractivity contribution in [2.24, 2.45) is 0 Å². The SMILES string of the molecule is O=C(c1cc(C(F)(F)F)[nH]n1)N(Cc1cn[nH]c1)Cc1cccc2[nH]cnc12. The van der Waals surface area contributed by atoms with Crippen LogP contribution in [0.4, 0.5) is 13.2 Å². The summed E-state index contributed by atoms with van der Waals surface area (Å²) in [6, 6.07) is 6.17. The van der Waals surface area contributed by atoms with E-state index in [0.29, 0.717) is 17.1 Å². The second-order valence-electron chi connectivity index (χ2n) is 6.15. The molecule has 4 rings (SSSR count). The van der Waals surface area contributed by atoms with E-state index in [0.717, 1.165) is 11.1 Å². The van der Waals surface area contributed by atoms with Crippen LogP contribution in [0.5, 0.6) is 0 Å². The summed E-state index contributed by atoms with van der Waals surface area (Å²) in [5.41, 5.74) is 1.55. The molecule has 0 fully saturated rings. The van der Waals surface area contributed by atoms with E-state index in [1.54, 1.807) is 18.7 Å². The molecule has 11 heteroatoms. The van der Waals surface area contributed by atoms with Crippen LogP contribution in [0.15, 0.2) is 43.0 Å². The minimum absolute atomic E-state index is 0.139. The highest BCUT2D eigenvalue weighted by molar-refractivity contribution is 5.92. The number of carbonyl (C=O) groups is 1. The fraction of sp³-hybridized carbons (Fsp3) is 0.176. The van der Waals surface area contributed by atoms with E-state index in [-0.39, 0.29) is 18.8 Å². The molecule has 3 N–H and O–H groups in total. The molecular weight excluding hydrogens is 375 g/mol. The summed E-state index contributed by atoms with van der Waals surface area (Å²) in [6.07, 6.45) is 0.0868. The van der Waals surface area contributed by atoms with Crippen LogP contribution < -0.4 is 0 Å². The van der Waals surface area contributed by atoms with Gasteiger partial charge in [-0.05, 0) is 11.6 Å². The van der Waals surface area contributed by atoms with Crippen LogP contribution in [0.3, 0.4) is 0 Å². The van der Waals surface area contributed by atoms with Gasteiger partial charge in [-0.15, -0.1) is 0 Å². The molecule has 0 radical (unpaired) electrons. The van der Waals surface area contributed by atoms with Gasteiger partial charge in [0.1, 0.15) is 5.69 Å². The third kappa shape index (κ3) is 3.46. The molecule has 0 spiro atoms. The number of nitrogens with one attached hydrogen (secondary N) is 3. The minimum Gasteiger partial charge on any atom is -0.345 e. The second kappa shape index (κ2) is 6.83. The topological polar surface area (TPSA) is 106 Å². The summed E-state index contributed by atoms with van der Waals surface area (Å²) in [5.74, 6) is -0.638. The molecular formula is C17H14F3N7O. The number of alkyl halides is 3. The van der Waals surface area contributed by atoms with Gasteiger partial charge in [-0.1, -0.05) is 12.1 Å². The van der Waals surface area contributed by atoms with Gasteiger partial charge >= 0.3 is 6.18 Å². The predicted octanol–water partition coefficient (Wildman–Crippen LogP) is 2.87. The average molecular weight is 389 g/mol. The van der Waals surface area contributed by atoms with E-state index in [2.05, 4.69) is 25.3 Å². The number of imidazole rings is 1. The van der Waals surface area contributed by atoms with Crippen molar-refractivity contribution in [3.63, 3.8) is 0 Å². The Morgan fingerprint density at radius 3 is 2.79 bits per heavy atom. The highest BCUT2D eigenvalue weighted by Crippen LogP contribution is 2.28. The molecule has 0 saturated heterocycles. The van der Waals surface area contributed by atoms with E-state index >= 15 is 0 Å². The molecule has 8 nitrogen and oxygen atoms in total. The molecule has 3 aromatic heterocycles. The largest absolute Gasteiger partial charge is 0.432 e. The molecule has 1 amide bonds. The van der Waals surface area contributed by atoms with Gasteiger partial charge in [-0.2, -0.15) is 23.4 Å². The lowest BCUT2D eigenvalue weighted by molar-refractivity contribution is -0.141. The molecule has 1 aromatic carbocycles. The van der Waals surface area contributed by atoms with Gasteiger partial charge in [-0.25, -0.2) is 4.98 Å². The van der Waals surface area contributed by atoms with Crippen LogP contribution in [0.25, 0.3) is 11.0 Å². The summed E-state index contributed by atoms with van der Waals surface area (Å²) in [6.45, 7) is 0.283. The van der Waals surface area contributed by atoms with Crippen LogP contribution in [0.2, 0.25) is 0 Å². The number of amides is 1. The number of aromatic amines is 3. The normalized spacial score (nSPS) is 11.8. The maximum atomic E-state index is 12.9. The van der Waals surface area contributed by atoms with Gasteiger partial charge in [0.05, 0.1) is 23.6 Å². The lowest BCUT2D eigenvalue weighted by Gasteiger charge is -2.21. The maximum absolute atomic E-state index is 12.9. The first-order chi connectivity index (χ1) is 13.4. The van der Waals surface area contributed by atoms with Crippen LogP contribution in [0.1, 0.15) is 27.3 Å². The number of nitrogens with zero attached hydrogens (tertiary/aromatic N) is 4. The fourth-order valence-corrected chi connectivity index (χ4v) is 2.88. The third-order valence-electron chi connectivity index (χ3n) is 4.21. The molecule has 28 heavy (non-hydrogen) atoms. The van der Waals surface area contributed by atoms with Crippen molar-refractivity contribution in [1.29, 1.82) is 0 Å². The number of hydrogen-bond donors (Lipinski definition) is 3. The first-order valence-corrected chi connectivity index (χ1v) is 8.22. The predicted molar refractivity (Wildman–Crippen MR) is 91.8 cm³/mol. The summed E-state index contributed by atoms with van der Waals surface area (Å²) in [7, 11) is 0. The summed E-state index contributed by atoms with van der Waals surface area (Å²) in [4.78, 5) is 21.5. The fourth-order valence-electron chi connectivity index (χ4n) is 2.88. The number of halogens is 3. The molecule has 0 saturated carbocycles. The number of fused-ring (bicyclic) bond motifs is 1. The zero-order valence-corrected chi connectivity index (χ0v) is 14.3. The number of H-pyrrole nitrogens is 3. The number of para-hydroxylation sites is 1. The second-order valence-corrected chi connectivity index (χ2v) is 6.15. The molecule has 0 aliphatic rings. The minimum atomic E-state index is -4.61. The molecule has 0 atom stereocenters. The molecule has 0 aliphatic carbocycles. The number of carbonyl (C=O) groups excluding carboxylic acids is 1. The lowest BCUT2D eigenvalue weighted by Crippen LogP contribution is -2.30. The van der Waals surface area contributed by atoms with Crippen LogP contribution in [0, 0.1) is 0 Å². The third-order valence-corrected chi connectivity index (χ3v) is 4.21. The van der Waals surface area contributed by atoms with Gasteiger partial charge in [-0.3, -0.25) is 15.0 Å². The van der Waals surface area contributed by atoms with Crippen LogP contribution in [-0.2, 0) is 19.3 Å². The highest BCUT2D eigenvalue weighted by atomic mass is 19.4. The van der Waals surface area contributed by atoms with Gasteiger partial charge in [0, 0.05) is 30.9 Å². The standard InChI is InChI=1S/C17H14F3N7O/c18-17(19,20)14-4-13(25-26-14)16(28)27(7-10-5-23-24-6-10)8-11-2-1-3-12-15(11)22-9-21-12/h1-6,9H,7-8H2,(H,21,22)(H,23,24)(H,25,26). The van der Waals surface area contributed by atoms with Gasteiger partial charge < -0.3 is 9.88 Å². The van der Waals surface area contributed by atoms with E-state index in [1.807, 2.05) is 23.3 Å². The first-order valence-electron chi connectivity index (χ1n) is 8.22. The summed E-state index contributed by atoms with van der Waals surface area (Å²) >= 11 is 0. The first kappa shape index (κ1) is 17.8. The van der Waals surface area contributed by atoms with Crippen LogP contribution >= 0.6 is 0 Å². The van der Waals surface area contributed by atoms with Gasteiger partial charge in [0.25, 0.3) is 5.91 Å². The number of benzene rings is 1. The van der Waals surface area contributed by atoms with E-state index < -0.39 is 17.8 Å². The molecule has 0 aliphatic heterocycles. The molecule has 4 aromatic rings. The monoisotopic (exact) mass is 389 g/mol. The van der Waals surface area contributed by atoms with Crippen molar-refractivity contribution >= 4 is 16.9 Å². The smallest absolute Gasteiger partial charge is 0.345 e. The van der Waals surface area contributed by atoms with E-state index in [4.69, 9.17) is 0 Å². The van der Waals surface area contributed by atoms with Crippen molar-refractivity contribution in [2.45, 2.75) is 19.3 Å². The van der Waals surface area contributed by atoms with Gasteiger partial charge in [0.2, 0.25) is 0 Å². The van der Waals surface area contributed by atoms with E-state index in [9.17, 15) is 18.0 Å². The van der Waals surface area contributed by atoms with Crippen molar-refractivity contribution < 1.29 is 18.0 Å². The van der Waals surface area contributed by atoms with Gasteiger partial charge in [0.15, 0.2) is 5.69 Å². The molecule has 0 bridgehead atoms. The Morgan fingerprint density at radius 2 is 2.07 bits per heavy atom. The Hall–Kier alpha value is -3.63. The lowest BCUT2D eigenvalue weighted by atomic mass is 10.1.